The first kappa shape index (κ1) is 21.7. The van der Waals surface area contributed by atoms with Crippen LogP contribution in [0.3, 0.4) is 0 Å². The van der Waals surface area contributed by atoms with Gasteiger partial charge in [-0.15, -0.1) is 0 Å². The van der Waals surface area contributed by atoms with Gasteiger partial charge >= 0.3 is 0 Å². The molecule has 164 valence electrons. The lowest BCUT2D eigenvalue weighted by atomic mass is 10.1. The van der Waals surface area contributed by atoms with Gasteiger partial charge in [-0.25, -0.2) is 4.68 Å². The van der Waals surface area contributed by atoms with Crippen molar-refractivity contribution in [2.75, 3.05) is 6.54 Å². The maximum Gasteiger partial charge on any atom is 0.248 e. The molecule has 0 aliphatic rings. The Labute approximate surface area is 191 Å². The Morgan fingerprint density at radius 2 is 1.88 bits per heavy atom. The van der Waals surface area contributed by atoms with Crippen molar-refractivity contribution >= 4 is 17.9 Å². The van der Waals surface area contributed by atoms with E-state index >= 15 is 0 Å². The van der Waals surface area contributed by atoms with Gasteiger partial charge in [0, 0.05) is 47.9 Å². The number of carbonyl (C=O) groups is 2. The smallest absolute Gasteiger partial charge is 0.248 e. The van der Waals surface area contributed by atoms with E-state index in [0.717, 1.165) is 28.1 Å². The van der Waals surface area contributed by atoms with Crippen LogP contribution in [0.15, 0.2) is 91.4 Å². The predicted octanol–water partition coefficient (Wildman–Crippen LogP) is 3.41. The summed E-state index contributed by atoms with van der Waals surface area (Å²) in [6.07, 6.45) is 9.17. The molecule has 0 bridgehead atoms. The van der Waals surface area contributed by atoms with Gasteiger partial charge in [0.15, 0.2) is 0 Å². The fourth-order valence-corrected chi connectivity index (χ4v) is 3.38. The second-order valence-electron chi connectivity index (χ2n) is 7.39. The zero-order chi connectivity index (χ0) is 23.0. The zero-order valence-electron chi connectivity index (χ0n) is 17.9. The van der Waals surface area contributed by atoms with Crippen molar-refractivity contribution in [2.24, 2.45) is 5.73 Å². The van der Waals surface area contributed by atoms with Crippen LogP contribution in [0.2, 0.25) is 0 Å². The van der Waals surface area contributed by atoms with E-state index in [-0.39, 0.29) is 5.91 Å². The van der Waals surface area contributed by atoms with Crippen LogP contribution in [0.1, 0.15) is 21.5 Å². The van der Waals surface area contributed by atoms with Gasteiger partial charge in [-0.2, -0.15) is 5.10 Å². The van der Waals surface area contributed by atoms with Crippen molar-refractivity contribution < 1.29 is 9.59 Å². The van der Waals surface area contributed by atoms with Crippen LogP contribution >= 0.6 is 0 Å². The number of hydrogen-bond acceptors (Lipinski definition) is 4. The van der Waals surface area contributed by atoms with Crippen molar-refractivity contribution in [1.29, 1.82) is 0 Å². The van der Waals surface area contributed by atoms with Gasteiger partial charge in [0.25, 0.3) is 0 Å². The van der Waals surface area contributed by atoms with E-state index in [1.54, 1.807) is 41.4 Å². The molecule has 0 saturated heterocycles. The summed E-state index contributed by atoms with van der Waals surface area (Å²) in [6, 6.07) is 20.6. The maximum absolute atomic E-state index is 12.4. The quantitative estimate of drug-likeness (QED) is 0.412. The monoisotopic (exact) mass is 437 g/mol. The number of carbonyl (C=O) groups excluding carboxylic acids is 2. The molecule has 0 aliphatic carbocycles. The second kappa shape index (κ2) is 10.2. The van der Waals surface area contributed by atoms with E-state index in [9.17, 15) is 9.59 Å². The Bertz CT molecular complexity index is 1280. The highest BCUT2D eigenvalue weighted by atomic mass is 16.1. The average molecular weight is 438 g/mol. The number of hydrogen-bond donors (Lipinski definition) is 2. The third-order valence-electron chi connectivity index (χ3n) is 5.04. The molecular formula is C26H23N5O2. The summed E-state index contributed by atoms with van der Waals surface area (Å²) in [5, 5.41) is 7.58. The Hall–Kier alpha value is -4.52. The van der Waals surface area contributed by atoms with E-state index in [2.05, 4.69) is 10.3 Å². The SMILES string of the molecule is NC(=O)c1cccc(CCNC(=O)/C=C/c2cn(-c3ccccc3)nc2-c2cccnc2)c1. The van der Waals surface area contributed by atoms with Crippen LogP contribution in [0.5, 0.6) is 0 Å². The first-order valence-electron chi connectivity index (χ1n) is 10.5. The van der Waals surface area contributed by atoms with Gasteiger partial charge in [-0.3, -0.25) is 14.6 Å². The summed E-state index contributed by atoms with van der Waals surface area (Å²) in [6.45, 7) is 0.435. The van der Waals surface area contributed by atoms with E-state index < -0.39 is 5.91 Å². The summed E-state index contributed by atoms with van der Waals surface area (Å²) in [7, 11) is 0. The molecule has 33 heavy (non-hydrogen) atoms. The molecule has 2 aromatic carbocycles. The fourth-order valence-electron chi connectivity index (χ4n) is 3.38. The highest BCUT2D eigenvalue weighted by Crippen LogP contribution is 2.24. The number of nitrogens with one attached hydrogen (secondary N) is 1. The van der Waals surface area contributed by atoms with Crippen LogP contribution in [-0.4, -0.2) is 33.1 Å². The van der Waals surface area contributed by atoms with E-state index in [1.165, 1.54) is 6.08 Å². The van der Waals surface area contributed by atoms with Gasteiger partial charge in [-0.1, -0.05) is 30.3 Å². The molecule has 0 unspecified atom stereocenters. The van der Waals surface area contributed by atoms with E-state index in [4.69, 9.17) is 10.8 Å². The lowest BCUT2D eigenvalue weighted by molar-refractivity contribution is -0.116. The number of aromatic nitrogens is 3. The van der Waals surface area contributed by atoms with Gasteiger partial charge in [-0.05, 0) is 54.5 Å². The van der Waals surface area contributed by atoms with Gasteiger partial charge in [0.1, 0.15) is 5.69 Å². The minimum Gasteiger partial charge on any atom is -0.366 e. The molecule has 2 aromatic heterocycles. The molecule has 0 spiro atoms. The maximum atomic E-state index is 12.4. The molecule has 7 nitrogen and oxygen atoms in total. The summed E-state index contributed by atoms with van der Waals surface area (Å²) in [5.41, 5.74) is 10.0. The third-order valence-corrected chi connectivity index (χ3v) is 5.04. The van der Waals surface area contributed by atoms with E-state index in [0.29, 0.717) is 18.5 Å². The standard InChI is InChI=1S/C26H23N5O2/c27-26(33)20-7-4-6-19(16-20)13-15-29-24(32)12-11-22-18-31(23-9-2-1-3-10-23)30-25(22)21-8-5-14-28-17-21/h1-12,14,16-18H,13,15H2,(H2,27,33)(H,29,32)/b12-11+. The van der Waals surface area contributed by atoms with Crippen molar-refractivity contribution in [3.05, 3.63) is 108 Å². The lowest BCUT2D eigenvalue weighted by Crippen LogP contribution is -2.23. The van der Waals surface area contributed by atoms with Crippen molar-refractivity contribution in [3.8, 4) is 16.9 Å². The lowest BCUT2D eigenvalue weighted by Gasteiger charge is -2.04. The van der Waals surface area contributed by atoms with E-state index in [1.807, 2.05) is 54.7 Å². The Balaban J connectivity index is 1.46. The van der Waals surface area contributed by atoms with Gasteiger partial charge in [0.2, 0.25) is 11.8 Å². The molecule has 0 fully saturated rings. The van der Waals surface area contributed by atoms with Gasteiger partial charge in [0.05, 0.1) is 5.69 Å². The summed E-state index contributed by atoms with van der Waals surface area (Å²) < 4.78 is 1.78. The average Bonchev–Trinajstić information content (AvgIpc) is 3.28. The van der Waals surface area contributed by atoms with Crippen molar-refractivity contribution in [2.45, 2.75) is 6.42 Å². The Morgan fingerprint density at radius 3 is 2.64 bits per heavy atom. The Kier molecular flexibility index (Phi) is 6.70. The number of primary amides is 1. The fraction of sp³-hybridized carbons (Fsp3) is 0.0769. The summed E-state index contributed by atoms with van der Waals surface area (Å²) in [4.78, 5) is 27.9. The molecule has 2 amide bonds. The number of nitrogens with two attached hydrogens (primary N) is 1. The number of nitrogens with zero attached hydrogens (tertiary/aromatic N) is 3. The minimum absolute atomic E-state index is 0.217. The molecule has 4 rings (SSSR count). The van der Waals surface area contributed by atoms with Crippen molar-refractivity contribution in [3.63, 3.8) is 0 Å². The number of para-hydroxylation sites is 1. The minimum atomic E-state index is -0.468. The Morgan fingerprint density at radius 1 is 1.03 bits per heavy atom. The molecule has 0 aliphatic heterocycles. The van der Waals surface area contributed by atoms with Crippen LogP contribution in [0, 0.1) is 0 Å². The summed E-state index contributed by atoms with van der Waals surface area (Å²) in [5.74, 6) is -0.685. The zero-order valence-corrected chi connectivity index (χ0v) is 17.9. The third kappa shape index (κ3) is 5.59. The number of pyridine rings is 1. The number of rotatable bonds is 8. The molecule has 3 N–H and O–H groups in total. The molecule has 4 aromatic rings. The normalized spacial score (nSPS) is 10.9. The second-order valence-corrected chi connectivity index (χ2v) is 7.39. The number of benzene rings is 2. The predicted molar refractivity (Wildman–Crippen MR) is 128 cm³/mol. The first-order valence-corrected chi connectivity index (χ1v) is 10.5. The van der Waals surface area contributed by atoms with Crippen LogP contribution in [0.25, 0.3) is 23.0 Å². The molecule has 7 heteroatoms. The molecule has 0 radical (unpaired) electrons. The molecule has 0 atom stereocenters. The van der Waals surface area contributed by atoms with Crippen LogP contribution in [0.4, 0.5) is 0 Å². The highest BCUT2D eigenvalue weighted by Gasteiger charge is 2.11. The summed E-state index contributed by atoms with van der Waals surface area (Å²) >= 11 is 0. The largest absolute Gasteiger partial charge is 0.366 e. The highest BCUT2D eigenvalue weighted by molar-refractivity contribution is 5.93. The molecular weight excluding hydrogens is 414 g/mol. The van der Waals surface area contributed by atoms with Gasteiger partial charge < -0.3 is 11.1 Å². The number of amides is 2. The molecule has 2 heterocycles. The first-order chi connectivity index (χ1) is 16.1. The topological polar surface area (TPSA) is 103 Å². The van der Waals surface area contributed by atoms with Crippen molar-refractivity contribution in [1.82, 2.24) is 20.1 Å². The molecule has 0 saturated carbocycles. The van der Waals surface area contributed by atoms with Crippen LogP contribution in [-0.2, 0) is 11.2 Å². The van der Waals surface area contributed by atoms with Crippen LogP contribution < -0.4 is 11.1 Å².